The van der Waals surface area contributed by atoms with E-state index in [2.05, 4.69) is 10.0 Å². The summed E-state index contributed by atoms with van der Waals surface area (Å²) in [6, 6.07) is 4.96. The van der Waals surface area contributed by atoms with Crippen LogP contribution < -0.4 is 10.0 Å². The smallest absolute Gasteiger partial charge is 0.241 e. The number of hydrogen-bond acceptors (Lipinski definition) is 5. The van der Waals surface area contributed by atoms with Crippen molar-refractivity contribution < 1.29 is 17.9 Å². The van der Waals surface area contributed by atoms with Gasteiger partial charge in [0.1, 0.15) is 0 Å². The molecule has 0 atom stereocenters. The number of amides is 1. The highest BCUT2D eigenvalue weighted by atomic mass is 35.5. The highest BCUT2D eigenvalue weighted by Crippen LogP contribution is 2.23. The molecule has 152 valence electrons. The molecule has 1 aromatic rings. The highest BCUT2D eigenvalue weighted by molar-refractivity contribution is 7.89. The van der Waals surface area contributed by atoms with E-state index in [1.807, 2.05) is 7.05 Å². The minimum Gasteiger partial charge on any atom is -0.372 e. The Kier molecular flexibility index (Phi) is 8.05. The van der Waals surface area contributed by atoms with E-state index in [0.717, 1.165) is 36.9 Å². The number of nitrogens with zero attached hydrogens (tertiary/aromatic N) is 1. The number of carbonyl (C=O) groups is 1. The molecule has 3 rings (SSSR count). The van der Waals surface area contributed by atoms with Crippen LogP contribution in [-0.2, 0) is 32.8 Å². The average molecular weight is 418 g/mol. The fraction of sp³-hybridized carbons (Fsp3) is 0.611. The number of benzene rings is 1. The number of ether oxygens (including phenoxy) is 1. The molecule has 0 unspecified atom stereocenters. The molecule has 7 nitrogen and oxygen atoms in total. The number of nitrogens with one attached hydrogen (secondary N) is 2. The van der Waals surface area contributed by atoms with Crippen LogP contribution in [0.5, 0.6) is 0 Å². The van der Waals surface area contributed by atoms with E-state index in [1.165, 1.54) is 0 Å². The molecule has 2 N–H and O–H groups in total. The van der Waals surface area contributed by atoms with Gasteiger partial charge in [0.15, 0.2) is 0 Å². The van der Waals surface area contributed by atoms with Crippen molar-refractivity contribution in [1.82, 2.24) is 14.9 Å². The first-order chi connectivity index (χ1) is 12.5. The van der Waals surface area contributed by atoms with Crippen molar-refractivity contribution in [3.63, 3.8) is 0 Å². The molecule has 1 saturated heterocycles. The topological polar surface area (TPSA) is 87.7 Å². The maximum absolute atomic E-state index is 12.5. The zero-order valence-corrected chi connectivity index (χ0v) is 17.2. The number of likely N-dealkylation sites (tertiary alicyclic amines) is 1. The summed E-state index contributed by atoms with van der Waals surface area (Å²) < 4.78 is 32.7. The predicted octanol–water partition coefficient (Wildman–Crippen LogP) is 1.26. The van der Waals surface area contributed by atoms with E-state index in [0.29, 0.717) is 32.2 Å². The highest BCUT2D eigenvalue weighted by Gasteiger charge is 2.24. The van der Waals surface area contributed by atoms with Crippen molar-refractivity contribution in [1.29, 1.82) is 0 Å². The second-order valence-electron chi connectivity index (χ2n) is 6.96. The molecule has 2 heterocycles. The van der Waals surface area contributed by atoms with E-state index < -0.39 is 10.0 Å². The SMILES string of the molecule is CNCCC1CCN(C(=O)CNS(=O)(=O)c2ccc3c(c2)COC3)CC1.Cl. The molecule has 0 spiro atoms. The van der Waals surface area contributed by atoms with Crippen molar-refractivity contribution in [2.24, 2.45) is 5.92 Å². The largest absolute Gasteiger partial charge is 0.372 e. The molecule has 0 aliphatic carbocycles. The van der Waals surface area contributed by atoms with Crippen molar-refractivity contribution in [2.45, 2.75) is 37.4 Å². The number of sulfonamides is 1. The maximum Gasteiger partial charge on any atom is 0.241 e. The summed E-state index contributed by atoms with van der Waals surface area (Å²) in [4.78, 5) is 14.3. The number of hydrogen-bond donors (Lipinski definition) is 2. The lowest BCUT2D eigenvalue weighted by molar-refractivity contribution is -0.131. The Morgan fingerprint density at radius 2 is 1.93 bits per heavy atom. The van der Waals surface area contributed by atoms with Crippen molar-refractivity contribution >= 4 is 28.3 Å². The number of halogens is 1. The third-order valence-corrected chi connectivity index (χ3v) is 6.59. The summed E-state index contributed by atoms with van der Waals surface area (Å²) in [7, 11) is -1.76. The van der Waals surface area contributed by atoms with Crippen molar-refractivity contribution in [2.75, 3.05) is 33.2 Å². The number of carbonyl (C=O) groups excluding carboxylic acids is 1. The molecule has 0 bridgehead atoms. The molecular formula is C18H28ClN3O4S. The summed E-state index contributed by atoms with van der Waals surface area (Å²) in [5.74, 6) is 0.474. The quantitative estimate of drug-likeness (QED) is 0.697. The molecular weight excluding hydrogens is 390 g/mol. The van der Waals surface area contributed by atoms with Crippen LogP contribution in [0.15, 0.2) is 23.1 Å². The second kappa shape index (κ2) is 9.84. The number of fused-ring (bicyclic) bond motifs is 1. The Balaban J connectivity index is 0.00000261. The lowest BCUT2D eigenvalue weighted by Crippen LogP contribution is -2.44. The second-order valence-corrected chi connectivity index (χ2v) is 8.73. The van der Waals surface area contributed by atoms with E-state index in [9.17, 15) is 13.2 Å². The molecule has 1 amide bonds. The zero-order valence-electron chi connectivity index (χ0n) is 15.6. The first-order valence-corrected chi connectivity index (χ1v) is 10.6. The molecule has 0 aromatic heterocycles. The van der Waals surface area contributed by atoms with E-state index in [4.69, 9.17) is 4.74 Å². The van der Waals surface area contributed by atoms with Gasteiger partial charge in [0.2, 0.25) is 15.9 Å². The fourth-order valence-corrected chi connectivity index (χ4v) is 4.51. The van der Waals surface area contributed by atoms with Gasteiger partial charge >= 0.3 is 0 Å². The third-order valence-electron chi connectivity index (χ3n) is 5.19. The van der Waals surface area contributed by atoms with Crippen LogP contribution >= 0.6 is 12.4 Å². The van der Waals surface area contributed by atoms with Crippen LogP contribution in [0.3, 0.4) is 0 Å². The minimum atomic E-state index is -3.70. The van der Waals surface area contributed by atoms with Gasteiger partial charge in [-0.15, -0.1) is 12.4 Å². The molecule has 9 heteroatoms. The normalized spacial score (nSPS) is 17.4. The fourth-order valence-electron chi connectivity index (χ4n) is 3.49. The van der Waals surface area contributed by atoms with Crippen LogP contribution in [0, 0.1) is 5.92 Å². The molecule has 2 aliphatic heterocycles. The van der Waals surface area contributed by atoms with Gasteiger partial charge in [-0.25, -0.2) is 13.1 Å². The number of piperidine rings is 1. The Morgan fingerprint density at radius 1 is 1.22 bits per heavy atom. The average Bonchev–Trinajstić information content (AvgIpc) is 3.13. The number of rotatable bonds is 7. The molecule has 1 aromatic carbocycles. The zero-order chi connectivity index (χ0) is 18.6. The predicted molar refractivity (Wildman–Crippen MR) is 105 cm³/mol. The summed E-state index contributed by atoms with van der Waals surface area (Å²) >= 11 is 0. The summed E-state index contributed by atoms with van der Waals surface area (Å²) in [6.07, 6.45) is 3.07. The maximum atomic E-state index is 12.5. The Hall–Kier alpha value is -1.19. The summed E-state index contributed by atoms with van der Waals surface area (Å²) in [5, 5.41) is 3.15. The summed E-state index contributed by atoms with van der Waals surface area (Å²) in [6.45, 7) is 3.14. The van der Waals surface area contributed by atoms with Gasteiger partial charge < -0.3 is 15.0 Å². The van der Waals surface area contributed by atoms with Gasteiger partial charge in [-0.3, -0.25) is 4.79 Å². The van der Waals surface area contributed by atoms with Gasteiger partial charge in [0.25, 0.3) is 0 Å². The standard InChI is InChI=1S/C18H27N3O4S.ClH/c1-19-7-4-14-5-8-21(9-6-14)18(22)11-20-26(23,24)17-3-2-15-12-25-13-16(15)10-17;/h2-3,10,14,19-20H,4-9,11-13H2,1H3;1H. The molecule has 2 aliphatic rings. The van der Waals surface area contributed by atoms with E-state index >= 15 is 0 Å². The molecule has 0 saturated carbocycles. The van der Waals surface area contributed by atoms with Gasteiger partial charge in [-0.1, -0.05) is 6.07 Å². The van der Waals surface area contributed by atoms with Crippen LogP contribution in [0.4, 0.5) is 0 Å². The minimum absolute atomic E-state index is 0. The molecule has 0 radical (unpaired) electrons. The van der Waals surface area contributed by atoms with E-state index in [1.54, 1.807) is 23.1 Å². The van der Waals surface area contributed by atoms with Crippen LogP contribution in [0.25, 0.3) is 0 Å². The van der Waals surface area contributed by atoms with Crippen LogP contribution in [0.1, 0.15) is 30.4 Å². The van der Waals surface area contributed by atoms with Gasteiger partial charge in [0, 0.05) is 13.1 Å². The molecule has 1 fully saturated rings. The first kappa shape index (κ1) is 22.1. The lowest BCUT2D eigenvalue weighted by atomic mass is 9.93. The first-order valence-electron chi connectivity index (χ1n) is 9.11. The lowest BCUT2D eigenvalue weighted by Gasteiger charge is -2.32. The molecule has 27 heavy (non-hydrogen) atoms. The van der Waals surface area contributed by atoms with Crippen molar-refractivity contribution in [3.8, 4) is 0 Å². The van der Waals surface area contributed by atoms with Crippen LogP contribution in [0.2, 0.25) is 0 Å². The Labute approximate surface area is 167 Å². The van der Waals surface area contributed by atoms with E-state index in [-0.39, 0.29) is 29.8 Å². The Morgan fingerprint density at radius 3 is 2.63 bits per heavy atom. The van der Waals surface area contributed by atoms with Gasteiger partial charge in [-0.2, -0.15) is 0 Å². The third kappa shape index (κ3) is 5.65. The summed E-state index contributed by atoms with van der Waals surface area (Å²) in [5.41, 5.74) is 1.91. The Bertz CT molecular complexity index is 749. The van der Waals surface area contributed by atoms with Gasteiger partial charge in [0.05, 0.1) is 24.7 Å². The van der Waals surface area contributed by atoms with Crippen LogP contribution in [-0.4, -0.2) is 52.5 Å². The monoisotopic (exact) mass is 417 g/mol. The van der Waals surface area contributed by atoms with Gasteiger partial charge in [-0.05, 0) is 62.0 Å². The van der Waals surface area contributed by atoms with Crippen molar-refractivity contribution in [3.05, 3.63) is 29.3 Å².